The van der Waals surface area contributed by atoms with Crippen molar-refractivity contribution < 1.29 is 4.79 Å². The van der Waals surface area contributed by atoms with E-state index in [1.54, 1.807) is 0 Å². The predicted octanol–water partition coefficient (Wildman–Crippen LogP) is 3.02. The number of amides is 2. The van der Waals surface area contributed by atoms with E-state index >= 15 is 0 Å². The van der Waals surface area contributed by atoms with E-state index in [-0.39, 0.29) is 18.1 Å². The van der Waals surface area contributed by atoms with Gasteiger partial charge in [0.15, 0.2) is 0 Å². The van der Waals surface area contributed by atoms with Crippen molar-refractivity contribution in [3.63, 3.8) is 0 Å². The molecule has 0 spiro atoms. The molecule has 1 fully saturated rings. The van der Waals surface area contributed by atoms with Gasteiger partial charge < -0.3 is 10.2 Å². The van der Waals surface area contributed by atoms with Gasteiger partial charge in [0.2, 0.25) is 0 Å². The third-order valence-corrected chi connectivity index (χ3v) is 6.10. The number of carbonyl (C=O) groups is 1. The average molecular weight is 324 g/mol. The molecule has 0 aliphatic carbocycles. The molecular weight excluding hydrogens is 296 g/mol. The molecule has 0 radical (unpaired) electrons. The summed E-state index contributed by atoms with van der Waals surface area (Å²) in [5.74, 6) is 1.01. The lowest BCUT2D eigenvalue weighted by molar-refractivity contribution is 0.176. The van der Waals surface area contributed by atoms with E-state index in [0.29, 0.717) is 5.25 Å². The summed E-state index contributed by atoms with van der Waals surface area (Å²) in [5.41, 5.74) is 3.29. The zero-order chi connectivity index (χ0) is 16.4. The number of hydrogen-bond acceptors (Lipinski definition) is 3. The first-order valence-electron chi connectivity index (χ1n) is 8.05. The maximum absolute atomic E-state index is 12.7. The maximum Gasteiger partial charge on any atom is 0.318 e. The topological polar surface area (TPSA) is 50.2 Å². The van der Waals surface area contributed by atoms with Gasteiger partial charge in [0.25, 0.3) is 0 Å². The van der Waals surface area contributed by atoms with Crippen LogP contribution in [0.1, 0.15) is 50.2 Å². The largest absolute Gasteiger partial charge is 0.331 e. The zero-order valence-electron chi connectivity index (χ0n) is 14.5. The van der Waals surface area contributed by atoms with E-state index < -0.39 is 0 Å². The summed E-state index contributed by atoms with van der Waals surface area (Å²) in [6, 6.07) is 0.347. The van der Waals surface area contributed by atoms with Crippen molar-refractivity contribution in [3.8, 4) is 0 Å². The highest BCUT2D eigenvalue weighted by molar-refractivity contribution is 8.00. The van der Waals surface area contributed by atoms with Crippen LogP contribution < -0.4 is 5.32 Å². The third kappa shape index (κ3) is 3.26. The number of aryl methyl sites for hydroxylation is 2. The van der Waals surface area contributed by atoms with Crippen LogP contribution >= 0.6 is 11.8 Å². The van der Waals surface area contributed by atoms with Crippen LogP contribution in [0, 0.1) is 13.8 Å². The molecule has 2 heterocycles. The van der Waals surface area contributed by atoms with Gasteiger partial charge in [-0.1, -0.05) is 13.8 Å². The molecule has 1 aliphatic rings. The molecule has 2 rings (SSSR count). The molecule has 1 N–H and O–H groups in total. The Morgan fingerprint density at radius 3 is 2.68 bits per heavy atom. The van der Waals surface area contributed by atoms with Gasteiger partial charge >= 0.3 is 6.03 Å². The van der Waals surface area contributed by atoms with E-state index in [1.165, 1.54) is 0 Å². The lowest BCUT2D eigenvalue weighted by atomic mass is 10.0. The molecule has 124 valence electrons. The second kappa shape index (κ2) is 6.94. The van der Waals surface area contributed by atoms with Crippen LogP contribution in [-0.4, -0.2) is 44.3 Å². The first kappa shape index (κ1) is 17.2. The minimum Gasteiger partial charge on any atom is -0.331 e. The summed E-state index contributed by atoms with van der Waals surface area (Å²) in [5, 5.41) is 8.19. The number of aromatic nitrogens is 2. The van der Waals surface area contributed by atoms with Gasteiger partial charge in [0, 0.05) is 41.9 Å². The van der Waals surface area contributed by atoms with Crippen LogP contribution in [0.25, 0.3) is 0 Å². The highest BCUT2D eigenvalue weighted by Crippen LogP contribution is 2.27. The lowest BCUT2D eigenvalue weighted by Gasteiger charge is -2.38. The molecule has 1 aromatic rings. The van der Waals surface area contributed by atoms with Crippen molar-refractivity contribution in [2.45, 2.75) is 58.4 Å². The molecule has 1 aliphatic heterocycles. The van der Waals surface area contributed by atoms with Crippen molar-refractivity contribution in [1.82, 2.24) is 20.0 Å². The molecule has 0 saturated carbocycles. The van der Waals surface area contributed by atoms with Crippen molar-refractivity contribution in [2.24, 2.45) is 7.05 Å². The minimum atomic E-state index is 0.0262. The van der Waals surface area contributed by atoms with Crippen LogP contribution in [0.2, 0.25) is 0 Å². The second-order valence-electron chi connectivity index (χ2n) is 6.13. The van der Waals surface area contributed by atoms with Gasteiger partial charge in [0.05, 0.1) is 11.7 Å². The van der Waals surface area contributed by atoms with E-state index in [2.05, 4.69) is 38.1 Å². The van der Waals surface area contributed by atoms with Crippen LogP contribution in [0.4, 0.5) is 4.79 Å². The van der Waals surface area contributed by atoms with Crippen LogP contribution in [0.5, 0.6) is 0 Å². The molecule has 1 saturated heterocycles. The van der Waals surface area contributed by atoms with Crippen LogP contribution in [0.3, 0.4) is 0 Å². The molecule has 1 aromatic heterocycles. The number of thioether (sulfide) groups is 1. The Hall–Kier alpha value is -1.17. The quantitative estimate of drug-likeness (QED) is 0.930. The summed E-state index contributed by atoms with van der Waals surface area (Å²) >= 11 is 1.94. The highest BCUT2D eigenvalue weighted by Gasteiger charge is 2.30. The standard InChI is InChI=1S/C16H28N4OS/c1-7-14(15-10(2)18-19(6)12(15)4)17-16(21)20-8-9-22-13(5)11(20)3/h11,13-14H,7-9H2,1-6H3,(H,17,21)/t11-,13+,14+/m1/s1. The van der Waals surface area contributed by atoms with Gasteiger partial charge in [-0.05, 0) is 27.2 Å². The summed E-state index contributed by atoms with van der Waals surface area (Å²) in [6.07, 6.45) is 0.867. The molecular formula is C16H28N4OS. The number of nitrogens with one attached hydrogen (secondary N) is 1. The van der Waals surface area contributed by atoms with Crippen molar-refractivity contribution in [3.05, 3.63) is 17.0 Å². The molecule has 0 bridgehead atoms. The number of nitrogens with zero attached hydrogens (tertiary/aromatic N) is 3. The fraction of sp³-hybridized carbons (Fsp3) is 0.750. The van der Waals surface area contributed by atoms with Gasteiger partial charge in [-0.25, -0.2) is 4.79 Å². The smallest absolute Gasteiger partial charge is 0.318 e. The van der Waals surface area contributed by atoms with Crippen molar-refractivity contribution in [2.75, 3.05) is 12.3 Å². The summed E-state index contributed by atoms with van der Waals surface area (Å²) in [4.78, 5) is 14.7. The molecule has 22 heavy (non-hydrogen) atoms. The SMILES string of the molecule is CC[C@H](NC(=O)N1CCS[C@@H](C)[C@H]1C)c1c(C)nn(C)c1C. The Bertz CT molecular complexity index is 542. The van der Waals surface area contributed by atoms with E-state index in [1.807, 2.05) is 35.3 Å². The number of urea groups is 1. The second-order valence-corrected chi connectivity index (χ2v) is 7.61. The normalized spacial score (nSPS) is 23.5. The average Bonchev–Trinajstić information content (AvgIpc) is 2.72. The first-order chi connectivity index (χ1) is 10.4. The Labute approximate surface area is 137 Å². The number of carbonyl (C=O) groups excluding carboxylic acids is 1. The van der Waals surface area contributed by atoms with Crippen molar-refractivity contribution in [1.29, 1.82) is 0 Å². The summed E-state index contributed by atoms with van der Waals surface area (Å²) in [6.45, 7) is 11.3. The highest BCUT2D eigenvalue weighted by atomic mass is 32.2. The maximum atomic E-state index is 12.7. The molecule has 3 atom stereocenters. The van der Waals surface area contributed by atoms with Crippen molar-refractivity contribution >= 4 is 17.8 Å². The molecule has 5 nitrogen and oxygen atoms in total. The monoisotopic (exact) mass is 324 g/mol. The van der Waals surface area contributed by atoms with Crippen LogP contribution in [0.15, 0.2) is 0 Å². The predicted molar refractivity (Wildman–Crippen MR) is 92.3 cm³/mol. The zero-order valence-corrected chi connectivity index (χ0v) is 15.3. The summed E-state index contributed by atoms with van der Waals surface area (Å²) in [7, 11) is 1.95. The Morgan fingerprint density at radius 1 is 1.45 bits per heavy atom. The van der Waals surface area contributed by atoms with E-state index in [4.69, 9.17) is 0 Å². The first-order valence-corrected chi connectivity index (χ1v) is 9.10. The van der Waals surface area contributed by atoms with Gasteiger partial charge in [-0.15, -0.1) is 0 Å². The lowest BCUT2D eigenvalue weighted by Crippen LogP contribution is -2.52. The number of hydrogen-bond donors (Lipinski definition) is 1. The molecule has 0 aromatic carbocycles. The van der Waals surface area contributed by atoms with Gasteiger partial charge in [-0.3, -0.25) is 4.68 Å². The Balaban J connectivity index is 2.14. The fourth-order valence-electron chi connectivity index (χ4n) is 3.12. The van der Waals surface area contributed by atoms with Gasteiger partial charge in [0.1, 0.15) is 0 Å². The molecule has 0 unspecified atom stereocenters. The molecule has 2 amide bonds. The van der Waals surface area contributed by atoms with Crippen LogP contribution in [-0.2, 0) is 7.05 Å². The fourth-order valence-corrected chi connectivity index (χ4v) is 4.22. The Kier molecular flexibility index (Phi) is 5.42. The van der Waals surface area contributed by atoms with E-state index in [9.17, 15) is 4.79 Å². The van der Waals surface area contributed by atoms with E-state index in [0.717, 1.165) is 35.7 Å². The third-order valence-electron chi connectivity index (χ3n) is 4.76. The number of rotatable bonds is 3. The minimum absolute atomic E-state index is 0.0262. The molecule has 6 heteroatoms. The Morgan fingerprint density at radius 2 is 2.14 bits per heavy atom. The van der Waals surface area contributed by atoms with Gasteiger partial charge in [-0.2, -0.15) is 16.9 Å². The summed E-state index contributed by atoms with van der Waals surface area (Å²) < 4.78 is 1.89.